The number of alkyl halides is 1. The molecule has 9 nitrogen and oxygen atoms in total. The standard InChI is InChI=1S/C27H25ClFN5O4/c1-14-7-10-20(19(29)11-14)31-24-22-23(15(2)25(36)32(24)3)33(27(38)34(26(22)37)17-8-9-17)18-6-4-5-16(12-18)30-21(35)13-28/h4-7,10-12,17,31H,8-9,13H2,1-3H3,(H,30,35). The molecule has 1 saturated carbocycles. The van der Waals surface area contributed by atoms with Gasteiger partial charge in [-0.25, -0.2) is 9.18 Å². The molecule has 38 heavy (non-hydrogen) atoms. The largest absolute Gasteiger partial charge is 0.338 e. The minimum Gasteiger partial charge on any atom is -0.338 e. The van der Waals surface area contributed by atoms with Crippen LogP contribution in [-0.2, 0) is 11.8 Å². The van der Waals surface area contributed by atoms with Gasteiger partial charge in [-0.1, -0.05) is 12.1 Å². The molecule has 5 rings (SSSR count). The second-order valence-electron chi connectivity index (χ2n) is 9.43. The maximum Gasteiger partial charge on any atom is 0.336 e. The van der Waals surface area contributed by atoms with Crippen LogP contribution in [0.5, 0.6) is 0 Å². The average molecular weight is 538 g/mol. The second-order valence-corrected chi connectivity index (χ2v) is 9.69. The number of carbonyl (C=O) groups is 1. The lowest BCUT2D eigenvalue weighted by Gasteiger charge is -2.21. The van der Waals surface area contributed by atoms with Gasteiger partial charge in [0, 0.05) is 24.3 Å². The topological polar surface area (TPSA) is 107 Å². The van der Waals surface area contributed by atoms with E-state index < -0.39 is 28.5 Å². The smallest absolute Gasteiger partial charge is 0.336 e. The van der Waals surface area contributed by atoms with Crippen molar-refractivity contribution in [2.24, 2.45) is 7.05 Å². The number of pyridine rings is 1. The van der Waals surface area contributed by atoms with Gasteiger partial charge in [-0.15, -0.1) is 11.6 Å². The molecular weight excluding hydrogens is 513 g/mol. The van der Waals surface area contributed by atoms with Gasteiger partial charge in [-0.3, -0.25) is 28.1 Å². The highest BCUT2D eigenvalue weighted by Crippen LogP contribution is 2.34. The number of halogens is 2. The van der Waals surface area contributed by atoms with Crippen LogP contribution in [0.1, 0.15) is 30.0 Å². The maximum atomic E-state index is 14.8. The Morgan fingerprint density at radius 3 is 2.47 bits per heavy atom. The molecule has 11 heteroatoms. The molecule has 1 aliphatic rings. The fourth-order valence-corrected chi connectivity index (χ4v) is 4.69. The van der Waals surface area contributed by atoms with E-state index in [1.807, 2.05) is 0 Å². The first kappa shape index (κ1) is 25.5. The second kappa shape index (κ2) is 9.60. The summed E-state index contributed by atoms with van der Waals surface area (Å²) in [6, 6.07) is 10.8. The van der Waals surface area contributed by atoms with Gasteiger partial charge in [-0.05, 0) is 62.6 Å². The SMILES string of the molecule is Cc1ccc(Nc2c3c(=O)n(C4CC4)c(=O)n(-c4cccc(NC(=O)CCl)c4)c3c(C)c(=O)n2C)c(F)c1. The van der Waals surface area contributed by atoms with E-state index in [4.69, 9.17) is 11.6 Å². The van der Waals surface area contributed by atoms with Crippen LogP contribution in [0, 0.1) is 19.7 Å². The van der Waals surface area contributed by atoms with Crippen molar-refractivity contribution in [2.75, 3.05) is 16.5 Å². The average Bonchev–Trinajstić information content (AvgIpc) is 3.72. The highest BCUT2D eigenvalue weighted by molar-refractivity contribution is 6.29. The number of aryl methyl sites for hydroxylation is 2. The number of nitrogens with zero attached hydrogens (tertiary/aromatic N) is 3. The molecule has 0 aliphatic heterocycles. The molecule has 4 aromatic rings. The Labute approximate surface area is 221 Å². The number of benzene rings is 2. The van der Waals surface area contributed by atoms with Gasteiger partial charge < -0.3 is 10.6 Å². The van der Waals surface area contributed by atoms with Crippen molar-refractivity contribution in [3.63, 3.8) is 0 Å². The van der Waals surface area contributed by atoms with Gasteiger partial charge in [0.1, 0.15) is 22.9 Å². The van der Waals surface area contributed by atoms with E-state index >= 15 is 0 Å². The van der Waals surface area contributed by atoms with Gasteiger partial charge >= 0.3 is 5.69 Å². The number of nitrogens with one attached hydrogen (secondary N) is 2. The summed E-state index contributed by atoms with van der Waals surface area (Å²) in [6.45, 7) is 3.29. The number of carbonyl (C=O) groups excluding carboxylic acids is 1. The zero-order valence-electron chi connectivity index (χ0n) is 21.0. The lowest BCUT2D eigenvalue weighted by atomic mass is 10.1. The fraction of sp³-hybridized carbons (Fsp3) is 0.259. The van der Waals surface area contributed by atoms with E-state index in [0.717, 1.165) is 0 Å². The van der Waals surface area contributed by atoms with E-state index in [-0.39, 0.29) is 39.9 Å². The molecule has 0 spiro atoms. The Morgan fingerprint density at radius 2 is 1.82 bits per heavy atom. The summed E-state index contributed by atoms with van der Waals surface area (Å²) in [5, 5.41) is 5.66. The van der Waals surface area contributed by atoms with Crippen molar-refractivity contribution in [3.05, 3.63) is 90.6 Å². The molecule has 196 valence electrons. The van der Waals surface area contributed by atoms with E-state index in [2.05, 4.69) is 10.6 Å². The predicted octanol–water partition coefficient (Wildman–Crippen LogP) is 3.86. The molecule has 0 radical (unpaired) electrons. The molecule has 0 unspecified atom stereocenters. The minimum absolute atomic E-state index is 0.0677. The summed E-state index contributed by atoms with van der Waals surface area (Å²) in [5.74, 6) is -1.16. The molecule has 0 bridgehead atoms. The molecule has 2 aromatic heterocycles. The first-order valence-corrected chi connectivity index (χ1v) is 12.6. The van der Waals surface area contributed by atoms with Gasteiger partial charge in [0.2, 0.25) is 5.91 Å². The van der Waals surface area contributed by atoms with Crippen LogP contribution in [0.25, 0.3) is 16.6 Å². The first-order valence-electron chi connectivity index (χ1n) is 12.0. The molecule has 1 fully saturated rings. The van der Waals surface area contributed by atoms with E-state index in [0.29, 0.717) is 29.8 Å². The molecule has 2 N–H and O–H groups in total. The highest BCUT2D eigenvalue weighted by atomic mass is 35.5. The third kappa shape index (κ3) is 4.30. The van der Waals surface area contributed by atoms with Crippen molar-refractivity contribution >= 4 is 45.6 Å². The summed E-state index contributed by atoms with van der Waals surface area (Å²) in [5.41, 5.74) is 0.165. The van der Waals surface area contributed by atoms with Crippen LogP contribution in [-0.4, -0.2) is 25.5 Å². The monoisotopic (exact) mass is 537 g/mol. The predicted molar refractivity (Wildman–Crippen MR) is 146 cm³/mol. The van der Waals surface area contributed by atoms with Crippen molar-refractivity contribution in [3.8, 4) is 5.69 Å². The Bertz CT molecular complexity index is 1800. The van der Waals surface area contributed by atoms with Crippen LogP contribution < -0.4 is 27.4 Å². The Morgan fingerprint density at radius 1 is 1.08 bits per heavy atom. The van der Waals surface area contributed by atoms with Crippen LogP contribution in [0.15, 0.2) is 56.8 Å². The molecule has 0 saturated heterocycles. The molecule has 2 heterocycles. The lowest BCUT2D eigenvalue weighted by molar-refractivity contribution is -0.113. The first-order chi connectivity index (χ1) is 18.1. The molecule has 0 atom stereocenters. The quantitative estimate of drug-likeness (QED) is 0.363. The summed E-state index contributed by atoms with van der Waals surface area (Å²) in [6.07, 6.45) is 1.32. The molecule has 1 amide bonds. The van der Waals surface area contributed by atoms with Crippen molar-refractivity contribution in [2.45, 2.75) is 32.7 Å². The zero-order chi connectivity index (χ0) is 27.3. The lowest BCUT2D eigenvalue weighted by Crippen LogP contribution is -2.41. The van der Waals surface area contributed by atoms with Gasteiger partial charge in [-0.2, -0.15) is 0 Å². The third-order valence-corrected chi connectivity index (χ3v) is 6.89. The summed E-state index contributed by atoms with van der Waals surface area (Å²) < 4.78 is 18.6. The molecular formula is C27H25ClFN5O4. The number of rotatable bonds is 6. The van der Waals surface area contributed by atoms with Gasteiger partial charge in [0.05, 0.1) is 16.9 Å². The Hall–Kier alpha value is -4.18. The zero-order valence-corrected chi connectivity index (χ0v) is 21.7. The number of fused-ring (bicyclic) bond motifs is 1. The van der Waals surface area contributed by atoms with Crippen LogP contribution >= 0.6 is 11.6 Å². The van der Waals surface area contributed by atoms with Crippen molar-refractivity contribution in [1.29, 1.82) is 0 Å². The number of anilines is 3. The minimum atomic E-state index is -0.602. The van der Waals surface area contributed by atoms with Crippen LogP contribution in [0.3, 0.4) is 0 Å². The van der Waals surface area contributed by atoms with Crippen molar-refractivity contribution < 1.29 is 9.18 Å². The van der Waals surface area contributed by atoms with E-state index in [1.54, 1.807) is 37.3 Å². The number of aromatic nitrogens is 3. The molecule has 1 aliphatic carbocycles. The number of hydrogen-bond acceptors (Lipinski definition) is 5. The maximum absolute atomic E-state index is 14.8. The number of amides is 1. The third-order valence-electron chi connectivity index (χ3n) is 6.64. The number of hydrogen-bond donors (Lipinski definition) is 2. The van der Waals surface area contributed by atoms with Crippen LogP contribution in [0.4, 0.5) is 21.6 Å². The molecule has 2 aromatic carbocycles. The fourth-order valence-electron chi connectivity index (χ4n) is 4.62. The summed E-state index contributed by atoms with van der Waals surface area (Å²) in [4.78, 5) is 52.9. The Kier molecular flexibility index (Phi) is 6.44. The van der Waals surface area contributed by atoms with Crippen LogP contribution in [0.2, 0.25) is 0 Å². The van der Waals surface area contributed by atoms with Gasteiger partial charge in [0.25, 0.3) is 11.1 Å². The van der Waals surface area contributed by atoms with Crippen molar-refractivity contribution in [1.82, 2.24) is 13.7 Å². The summed E-state index contributed by atoms with van der Waals surface area (Å²) >= 11 is 5.62. The van der Waals surface area contributed by atoms with E-state index in [9.17, 15) is 23.6 Å². The van der Waals surface area contributed by atoms with Gasteiger partial charge in [0.15, 0.2) is 0 Å². The van der Waals surface area contributed by atoms with E-state index in [1.165, 1.54) is 39.8 Å². The highest BCUT2D eigenvalue weighted by Gasteiger charge is 2.31. The summed E-state index contributed by atoms with van der Waals surface area (Å²) in [7, 11) is 1.49. The Balaban J connectivity index is 1.88. The normalized spacial score (nSPS) is 13.1.